The third-order valence-corrected chi connectivity index (χ3v) is 14.0. The Hall–Kier alpha value is -7.36. The van der Waals surface area contributed by atoms with Gasteiger partial charge in [0.15, 0.2) is 0 Å². The summed E-state index contributed by atoms with van der Waals surface area (Å²) in [6.07, 6.45) is 0. The minimum atomic E-state index is -0.667. The van der Waals surface area contributed by atoms with Crippen molar-refractivity contribution in [2.24, 2.45) is 0 Å². The predicted molar refractivity (Wildman–Crippen MR) is 248 cm³/mol. The molecule has 7 aromatic carbocycles. The summed E-state index contributed by atoms with van der Waals surface area (Å²) in [5, 5.41) is 0. The summed E-state index contributed by atoms with van der Waals surface area (Å²) in [7, 11) is 0. The van der Waals surface area contributed by atoms with Crippen LogP contribution in [0.4, 0.5) is 17.3 Å². The first-order valence-corrected chi connectivity index (χ1v) is 21.4. The fraction of sp³-hybridized carbons (Fsp3) is 0.103. The van der Waals surface area contributed by atoms with Gasteiger partial charge in [0.1, 0.15) is 11.6 Å². The monoisotopic (exact) mass is 779 g/mol. The molecule has 0 radical (unpaired) electrons. The van der Waals surface area contributed by atoms with Gasteiger partial charge < -0.3 is 0 Å². The van der Waals surface area contributed by atoms with Crippen molar-refractivity contribution in [3.63, 3.8) is 0 Å². The summed E-state index contributed by atoms with van der Waals surface area (Å²) >= 11 is 0. The first kappa shape index (κ1) is 34.5. The zero-order valence-electron chi connectivity index (χ0n) is 34.3. The van der Waals surface area contributed by atoms with Crippen molar-refractivity contribution in [3.8, 4) is 44.8 Å². The van der Waals surface area contributed by atoms with E-state index in [-0.39, 0.29) is 5.41 Å². The lowest BCUT2D eigenvalue weighted by Gasteiger charge is -2.51. The maximum atomic E-state index is 5.84. The molecule has 288 valence electrons. The van der Waals surface area contributed by atoms with Crippen molar-refractivity contribution >= 4 is 17.3 Å². The van der Waals surface area contributed by atoms with E-state index in [4.69, 9.17) is 9.97 Å². The summed E-state index contributed by atoms with van der Waals surface area (Å²) in [5.74, 6) is 1.83. The molecule has 0 N–H and O–H groups in total. The molecule has 2 aromatic heterocycles. The molecule has 0 fully saturated rings. The van der Waals surface area contributed by atoms with Crippen LogP contribution >= 0.6 is 0 Å². The predicted octanol–water partition coefficient (Wildman–Crippen LogP) is 13.9. The molecule has 2 spiro atoms. The lowest BCUT2D eigenvalue weighted by atomic mass is 9.58. The Labute approximate surface area is 356 Å². The number of pyridine rings is 2. The molecular weight excluding hydrogens is 739 g/mol. The van der Waals surface area contributed by atoms with Crippen molar-refractivity contribution in [1.82, 2.24) is 9.97 Å². The number of rotatable bonds is 2. The van der Waals surface area contributed by atoms with E-state index in [9.17, 15) is 0 Å². The molecule has 4 aliphatic rings. The van der Waals surface area contributed by atoms with Crippen LogP contribution in [-0.4, -0.2) is 9.97 Å². The van der Waals surface area contributed by atoms with Gasteiger partial charge in [-0.3, -0.25) is 4.90 Å². The first-order valence-electron chi connectivity index (χ1n) is 21.4. The van der Waals surface area contributed by atoms with E-state index in [2.05, 4.69) is 220 Å². The van der Waals surface area contributed by atoms with E-state index in [1.165, 1.54) is 66.9 Å². The Morgan fingerprint density at radius 1 is 0.361 bits per heavy atom. The Balaban J connectivity index is 1.27. The molecule has 0 amide bonds. The fourth-order valence-corrected chi connectivity index (χ4v) is 11.5. The zero-order chi connectivity index (χ0) is 40.7. The Bertz CT molecular complexity index is 3000. The van der Waals surface area contributed by atoms with E-state index in [1.807, 2.05) is 0 Å². The van der Waals surface area contributed by atoms with Gasteiger partial charge in [-0.2, -0.15) is 0 Å². The average molecular weight is 780 g/mol. The Morgan fingerprint density at radius 2 is 0.705 bits per heavy atom. The lowest BCUT2D eigenvalue weighted by Crippen LogP contribution is -2.44. The quantitative estimate of drug-likeness (QED) is 0.175. The van der Waals surface area contributed by atoms with E-state index >= 15 is 0 Å². The van der Waals surface area contributed by atoms with Gasteiger partial charge in [-0.05, 0) is 78.7 Å². The van der Waals surface area contributed by atoms with Crippen LogP contribution in [0.2, 0.25) is 0 Å². The molecular formula is C58H41N3. The number of fused-ring (bicyclic) bond motifs is 18. The maximum Gasteiger partial charge on any atom is 0.144 e. The molecule has 0 unspecified atom stereocenters. The third kappa shape index (κ3) is 4.33. The first-order chi connectivity index (χ1) is 29.9. The number of hydrogen-bond acceptors (Lipinski definition) is 3. The number of benzene rings is 7. The highest BCUT2D eigenvalue weighted by molar-refractivity contribution is 6.02. The van der Waals surface area contributed by atoms with Gasteiger partial charge in [0.25, 0.3) is 0 Å². The molecule has 2 aliphatic heterocycles. The fourth-order valence-electron chi connectivity index (χ4n) is 11.5. The number of nitrogens with zero attached hydrogens (tertiary/aromatic N) is 3. The van der Waals surface area contributed by atoms with Crippen molar-refractivity contribution < 1.29 is 0 Å². The standard InChI is InChI=1S/C58H41N3/c1-56(2,3)38-34-49-53-50(35-38)58(45-28-16-12-24-41(45)42-25-13-17-29-46(42)58)48-31-33-52(37-20-8-5-9-21-37)60-55(48)61(53)54-47(30-32-51(59-54)36-18-6-4-7-19-36)57(49)43-26-14-10-22-39(43)40-23-11-15-27-44(40)57/h4-35H,1-3H3. The number of anilines is 3. The number of aromatic nitrogens is 2. The second-order valence-electron chi connectivity index (χ2n) is 18.1. The van der Waals surface area contributed by atoms with E-state index < -0.39 is 10.8 Å². The Kier molecular flexibility index (Phi) is 6.85. The van der Waals surface area contributed by atoms with Crippen LogP contribution in [0, 0.1) is 0 Å². The summed E-state index contributed by atoms with van der Waals surface area (Å²) in [6, 6.07) is 71.9. The second kappa shape index (κ2) is 12.1. The molecule has 0 saturated carbocycles. The normalized spacial score (nSPS) is 15.0. The molecule has 9 aromatic rings. The third-order valence-electron chi connectivity index (χ3n) is 14.0. The molecule has 3 heteroatoms. The van der Waals surface area contributed by atoms with E-state index in [0.717, 1.165) is 45.3 Å². The van der Waals surface area contributed by atoms with Gasteiger partial charge in [-0.15, -0.1) is 0 Å². The largest absolute Gasteiger partial charge is 0.278 e. The topological polar surface area (TPSA) is 29.0 Å². The van der Waals surface area contributed by atoms with Crippen molar-refractivity contribution in [2.75, 3.05) is 4.90 Å². The molecule has 0 bridgehead atoms. The number of hydrogen-bond donors (Lipinski definition) is 0. The minimum absolute atomic E-state index is 0.167. The van der Waals surface area contributed by atoms with Crippen LogP contribution in [-0.2, 0) is 16.2 Å². The van der Waals surface area contributed by atoms with Crippen LogP contribution in [0.3, 0.4) is 0 Å². The van der Waals surface area contributed by atoms with Crippen LogP contribution in [0.1, 0.15) is 70.8 Å². The second-order valence-corrected chi connectivity index (χ2v) is 18.1. The molecule has 0 saturated heterocycles. The van der Waals surface area contributed by atoms with Crippen molar-refractivity contribution in [3.05, 3.63) is 244 Å². The summed E-state index contributed by atoms with van der Waals surface area (Å²) in [4.78, 5) is 14.1. The molecule has 0 atom stereocenters. The van der Waals surface area contributed by atoms with E-state index in [0.29, 0.717) is 0 Å². The lowest BCUT2D eigenvalue weighted by molar-refractivity contribution is 0.582. The smallest absolute Gasteiger partial charge is 0.144 e. The molecule has 13 rings (SSSR count). The van der Waals surface area contributed by atoms with Crippen LogP contribution in [0.5, 0.6) is 0 Å². The maximum absolute atomic E-state index is 5.84. The van der Waals surface area contributed by atoms with Crippen LogP contribution < -0.4 is 4.90 Å². The highest BCUT2D eigenvalue weighted by Gasteiger charge is 2.59. The van der Waals surface area contributed by atoms with Crippen LogP contribution in [0.15, 0.2) is 194 Å². The summed E-state index contributed by atoms with van der Waals surface area (Å²) in [5.41, 5.74) is 20.1. The van der Waals surface area contributed by atoms with Crippen molar-refractivity contribution in [2.45, 2.75) is 37.0 Å². The van der Waals surface area contributed by atoms with Gasteiger partial charge in [-0.25, -0.2) is 9.97 Å². The summed E-state index contributed by atoms with van der Waals surface area (Å²) < 4.78 is 0. The highest BCUT2D eigenvalue weighted by Crippen LogP contribution is 2.70. The molecule has 3 nitrogen and oxygen atoms in total. The van der Waals surface area contributed by atoms with Crippen LogP contribution in [0.25, 0.3) is 44.8 Å². The molecule has 4 heterocycles. The Morgan fingerprint density at radius 3 is 1.07 bits per heavy atom. The minimum Gasteiger partial charge on any atom is -0.278 e. The van der Waals surface area contributed by atoms with Gasteiger partial charge in [0.2, 0.25) is 0 Å². The average Bonchev–Trinajstić information content (AvgIpc) is 3.77. The zero-order valence-corrected chi connectivity index (χ0v) is 34.3. The molecule has 2 aliphatic carbocycles. The van der Waals surface area contributed by atoms with Gasteiger partial charge in [0.05, 0.1) is 27.9 Å². The highest BCUT2D eigenvalue weighted by atomic mass is 15.3. The van der Waals surface area contributed by atoms with Gasteiger partial charge in [-0.1, -0.05) is 203 Å². The SMILES string of the molecule is CC(C)(C)c1cc2c3c(c1)C1(c4ccccc4-c4ccccc41)c1ccc(-c4ccccc4)nc1N3c1nc(-c3ccccc3)ccc1C21c2ccccc2-c2ccccc21. The van der Waals surface area contributed by atoms with Gasteiger partial charge in [0, 0.05) is 22.3 Å². The van der Waals surface area contributed by atoms with E-state index in [1.54, 1.807) is 0 Å². The van der Waals surface area contributed by atoms with Gasteiger partial charge >= 0.3 is 0 Å². The summed E-state index contributed by atoms with van der Waals surface area (Å²) in [6.45, 7) is 7.09. The molecule has 61 heavy (non-hydrogen) atoms. The van der Waals surface area contributed by atoms with Crippen molar-refractivity contribution in [1.29, 1.82) is 0 Å².